The molecule has 1 aliphatic heterocycles. The van der Waals surface area contributed by atoms with Gasteiger partial charge in [0.1, 0.15) is 4.83 Å². The van der Waals surface area contributed by atoms with Crippen LogP contribution in [-0.2, 0) is 17.8 Å². The maximum absolute atomic E-state index is 14.0. The van der Waals surface area contributed by atoms with Gasteiger partial charge in [0.25, 0.3) is 5.56 Å². The summed E-state index contributed by atoms with van der Waals surface area (Å²) in [4.78, 5) is 16.1. The highest BCUT2D eigenvalue weighted by molar-refractivity contribution is 7.99. The number of aryl methyl sites for hydroxylation is 1. The van der Waals surface area contributed by atoms with Gasteiger partial charge in [0.2, 0.25) is 5.78 Å². The quantitative estimate of drug-likeness (QED) is 0.216. The molecule has 0 bridgehead atoms. The van der Waals surface area contributed by atoms with Crippen molar-refractivity contribution >= 4 is 39.1 Å². The first kappa shape index (κ1) is 23.6. The number of benzene rings is 1. The number of hydrogen-bond donors (Lipinski definition) is 0. The predicted molar refractivity (Wildman–Crippen MR) is 141 cm³/mol. The summed E-state index contributed by atoms with van der Waals surface area (Å²) >= 11 is 3.40. The van der Waals surface area contributed by atoms with Crippen LogP contribution in [0.15, 0.2) is 34.2 Å². The van der Waals surface area contributed by atoms with Gasteiger partial charge in [-0.05, 0) is 37.0 Å². The molecule has 0 saturated carbocycles. The maximum atomic E-state index is 14.0. The lowest BCUT2D eigenvalue weighted by molar-refractivity contribution is 0.00200. The van der Waals surface area contributed by atoms with Gasteiger partial charge in [-0.1, -0.05) is 69.5 Å². The minimum Gasteiger partial charge on any atom is -0.372 e. The smallest absolute Gasteiger partial charge is 0.268 e. The molecular formula is C26H32N4O2S2. The lowest BCUT2D eigenvalue weighted by Gasteiger charge is -2.26. The Balaban J connectivity index is 1.70. The van der Waals surface area contributed by atoms with Crippen molar-refractivity contribution in [3.8, 4) is 5.69 Å². The molecule has 4 aromatic rings. The minimum absolute atomic E-state index is 0.0137. The van der Waals surface area contributed by atoms with E-state index < -0.39 is 0 Å². The average Bonchev–Trinajstić information content (AvgIpc) is 3.41. The van der Waals surface area contributed by atoms with E-state index in [1.165, 1.54) is 19.3 Å². The topological polar surface area (TPSA) is 61.4 Å². The van der Waals surface area contributed by atoms with Gasteiger partial charge >= 0.3 is 0 Å². The van der Waals surface area contributed by atoms with Crippen LogP contribution in [0.5, 0.6) is 0 Å². The number of rotatable bonds is 8. The fourth-order valence-electron chi connectivity index (χ4n) is 4.58. The molecule has 0 radical (unpaired) electrons. The van der Waals surface area contributed by atoms with Crippen molar-refractivity contribution in [3.63, 3.8) is 0 Å². The molecule has 1 aromatic carbocycles. The van der Waals surface area contributed by atoms with E-state index in [0.29, 0.717) is 18.3 Å². The number of fused-ring (bicyclic) bond motifs is 5. The Morgan fingerprint density at radius 3 is 2.71 bits per heavy atom. The normalized spacial score (nSPS) is 16.1. The first-order valence-corrected chi connectivity index (χ1v) is 14.1. The fourth-order valence-corrected chi connectivity index (χ4v) is 6.81. The van der Waals surface area contributed by atoms with E-state index in [-0.39, 0.29) is 11.7 Å². The van der Waals surface area contributed by atoms with Crippen LogP contribution in [0, 0.1) is 12.8 Å². The van der Waals surface area contributed by atoms with Crippen molar-refractivity contribution in [3.05, 3.63) is 50.6 Å². The Labute approximate surface area is 208 Å². The number of aromatic nitrogens is 4. The molecule has 3 aromatic heterocycles. The van der Waals surface area contributed by atoms with Crippen molar-refractivity contribution in [2.24, 2.45) is 5.92 Å². The van der Waals surface area contributed by atoms with Crippen LogP contribution < -0.4 is 5.56 Å². The largest absolute Gasteiger partial charge is 0.372 e. The van der Waals surface area contributed by atoms with Gasteiger partial charge in [0.05, 0.1) is 23.8 Å². The number of hydrogen-bond acceptors (Lipinski definition) is 6. The molecule has 0 aliphatic carbocycles. The third kappa shape index (κ3) is 4.20. The maximum Gasteiger partial charge on any atom is 0.268 e. The second-order valence-corrected chi connectivity index (χ2v) is 11.6. The van der Waals surface area contributed by atoms with Crippen molar-refractivity contribution in [2.45, 2.75) is 77.7 Å². The molecule has 0 unspecified atom stereocenters. The lowest BCUT2D eigenvalue weighted by Crippen LogP contribution is -2.28. The van der Waals surface area contributed by atoms with Crippen LogP contribution >= 0.6 is 23.1 Å². The molecule has 6 nitrogen and oxygen atoms in total. The average molecular weight is 497 g/mol. The zero-order chi connectivity index (χ0) is 23.8. The Bertz CT molecular complexity index is 1370. The van der Waals surface area contributed by atoms with E-state index in [1.54, 1.807) is 27.7 Å². The zero-order valence-electron chi connectivity index (χ0n) is 20.3. The summed E-state index contributed by atoms with van der Waals surface area (Å²) in [5.74, 6) is 1.97. The van der Waals surface area contributed by atoms with Crippen LogP contribution in [0.25, 0.3) is 21.7 Å². The lowest BCUT2D eigenvalue weighted by atomic mass is 9.96. The highest BCUT2D eigenvalue weighted by Gasteiger charge is 2.30. The van der Waals surface area contributed by atoms with Gasteiger partial charge < -0.3 is 4.74 Å². The Morgan fingerprint density at radius 1 is 1.18 bits per heavy atom. The van der Waals surface area contributed by atoms with Crippen LogP contribution in [0.4, 0.5) is 0 Å². The molecule has 0 saturated heterocycles. The number of ether oxygens (including phenoxy) is 1. The molecule has 180 valence electrons. The third-order valence-electron chi connectivity index (χ3n) is 6.61. The molecular weight excluding hydrogens is 464 g/mol. The van der Waals surface area contributed by atoms with E-state index in [9.17, 15) is 4.79 Å². The van der Waals surface area contributed by atoms with Gasteiger partial charge in [0.15, 0.2) is 5.16 Å². The summed E-state index contributed by atoms with van der Waals surface area (Å²) in [6.07, 6.45) is 5.75. The van der Waals surface area contributed by atoms with Gasteiger partial charge in [-0.2, -0.15) is 0 Å². The molecule has 4 heterocycles. The molecule has 5 rings (SSSR count). The number of unbranched alkanes of at least 4 members (excludes halogenated alkanes) is 3. The molecule has 8 heteroatoms. The number of nitrogens with zero attached hydrogens (tertiary/aromatic N) is 4. The highest BCUT2D eigenvalue weighted by atomic mass is 32.2. The second-order valence-electron chi connectivity index (χ2n) is 9.48. The van der Waals surface area contributed by atoms with Crippen molar-refractivity contribution in [1.29, 1.82) is 0 Å². The van der Waals surface area contributed by atoms with E-state index in [1.807, 2.05) is 24.3 Å². The summed E-state index contributed by atoms with van der Waals surface area (Å²) in [7, 11) is 0. The van der Waals surface area contributed by atoms with Crippen LogP contribution in [-0.4, -0.2) is 31.0 Å². The van der Waals surface area contributed by atoms with E-state index >= 15 is 0 Å². The Kier molecular flexibility index (Phi) is 6.82. The monoisotopic (exact) mass is 496 g/mol. The molecule has 1 aliphatic rings. The SMILES string of the molecule is CCCCCCSc1nnc2n(-c3ccc(C)cc3)c(=O)c3c4c(sc3n12)CO[C@@H](C(C)C)C4. The third-order valence-corrected chi connectivity index (χ3v) is 8.81. The van der Waals surface area contributed by atoms with Crippen molar-refractivity contribution in [1.82, 2.24) is 19.2 Å². The van der Waals surface area contributed by atoms with Crippen molar-refractivity contribution < 1.29 is 4.74 Å². The van der Waals surface area contributed by atoms with Crippen LogP contribution in [0.1, 0.15) is 62.5 Å². The Hall–Kier alpha value is -2.16. The summed E-state index contributed by atoms with van der Waals surface area (Å²) in [5.41, 5.74) is 3.11. The van der Waals surface area contributed by atoms with Gasteiger partial charge in [0, 0.05) is 17.1 Å². The van der Waals surface area contributed by atoms with Crippen molar-refractivity contribution in [2.75, 3.05) is 5.75 Å². The molecule has 0 spiro atoms. The highest BCUT2D eigenvalue weighted by Crippen LogP contribution is 2.37. The summed E-state index contributed by atoms with van der Waals surface area (Å²) in [5, 5.41) is 10.7. The van der Waals surface area contributed by atoms with Gasteiger partial charge in [-0.15, -0.1) is 21.5 Å². The van der Waals surface area contributed by atoms with E-state index in [4.69, 9.17) is 4.74 Å². The molecule has 34 heavy (non-hydrogen) atoms. The standard InChI is InChI=1S/C26H32N4O2S2/c1-5-6-7-8-13-33-26-28-27-25-29(18-11-9-17(4)10-12-18)23(31)22-19-14-20(16(2)3)32-15-21(19)34-24(22)30(25)26/h9-12,16,20H,5-8,13-15H2,1-4H3/t20-/m1/s1. The minimum atomic E-state index is -0.0137. The fraction of sp³-hybridized carbons (Fsp3) is 0.500. The van der Waals surface area contributed by atoms with Gasteiger partial charge in [-0.3, -0.25) is 4.79 Å². The summed E-state index contributed by atoms with van der Waals surface area (Å²) in [6, 6.07) is 8.06. The summed E-state index contributed by atoms with van der Waals surface area (Å²) < 4.78 is 9.99. The zero-order valence-corrected chi connectivity index (χ0v) is 22.0. The van der Waals surface area contributed by atoms with E-state index in [2.05, 4.69) is 42.3 Å². The molecule has 0 N–H and O–H groups in total. The number of thioether (sulfide) groups is 1. The first-order valence-electron chi connectivity index (χ1n) is 12.3. The second kappa shape index (κ2) is 9.84. The predicted octanol–water partition coefficient (Wildman–Crippen LogP) is 6.17. The van der Waals surface area contributed by atoms with Crippen LogP contribution in [0.3, 0.4) is 0 Å². The van der Waals surface area contributed by atoms with Gasteiger partial charge in [-0.25, -0.2) is 8.97 Å². The molecule has 1 atom stereocenters. The van der Waals surface area contributed by atoms with Crippen LogP contribution in [0.2, 0.25) is 0 Å². The Morgan fingerprint density at radius 2 is 1.97 bits per heavy atom. The molecule has 0 fully saturated rings. The molecule has 0 amide bonds. The first-order chi connectivity index (χ1) is 16.5. The van der Waals surface area contributed by atoms with E-state index in [0.717, 1.165) is 55.7 Å². The summed E-state index contributed by atoms with van der Waals surface area (Å²) in [6.45, 7) is 9.20. The number of thiophene rings is 1.